The Bertz CT molecular complexity index is 1040. The second kappa shape index (κ2) is 7.58. The summed E-state index contributed by atoms with van der Waals surface area (Å²) in [7, 11) is 0. The van der Waals surface area contributed by atoms with Crippen molar-refractivity contribution in [3.63, 3.8) is 0 Å². The maximum Gasteiger partial charge on any atom is 0.344 e. The fourth-order valence-electron chi connectivity index (χ4n) is 3.25. The highest BCUT2D eigenvalue weighted by atomic mass is 16.6. The summed E-state index contributed by atoms with van der Waals surface area (Å²) in [6.07, 6.45) is 0.864. The number of fused-ring (bicyclic) bond motifs is 2. The summed E-state index contributed by atoms with van der Waals surface area (Å²) in [5.74, 6) is -1.05. The number of para-hydroxylation sites is 1. The minimum atomic E-state index is -1.05. The monoisotopic (exact) mass is 353 g/mol. The van der Waals surface area contributed by atoms with E-state index in [9.17, 15) is 4.79 Å². The van der Waals surface area contributed by atoms with Crippen LogP contribution in [-0.2, 0) is 16.2 Å². The third-order valence-electron chi connectivity index (χ3n) is 4.61. The van der Waals surface area contributed by atoms with Gasteiger partial charge in [0.2, 0.25) is 6.61 Å². The molecule has 0 aliphatic carbocycles. The second-order valence-corrected chi connectivity index (χ2v) is 6.32. The lowest BCUT2D eigenvalue weighted by atomic mass is 10.0. The number of carbonyl (C=O) groups is 1. The Morgan fingerprint density at radius 1 is 1.19 bits per heavy atom. The van der Waals surface area contributed by atoms with Gasteiger partial charge in [-0.25, -0.2) is 4.79 Å². The summed E-state index contributed by atoms with van der Waals surface area (Å²) in [5.41, 5.74) is 10.2. The van der Waals surface area contributed by atoms with Crippen LogP contribution in [0.3, 0.4) is 0 Å². The van der Waals surface area contributed by atoms with Crippen LogP contribution >= 0.6 is 0 Å². The number of aryl methyl sites for hydroxylation is 3. The van der Waals surface area contributed by atoms with Crippen LogP contribution in [0.25, 0.3) is 21.8 Å². The smallest absolute Gasteiger partial charge is 0.344 e. The van der Waals surface area contributed by atoms with Gasteiger partial charge in [-0.15, -0.1) is 0 Å². The molecule has 3 aromatic rings. The Morgan fingerprint density at radius 2 is 1.96 bits per heavy atom. The Labute approximate surface area is 151 Å². The molecular formula is C20H23N3O3. The number of hydrogen-bond donors (Lipinski definition) is 2. The lowest BCUT2D eigenvalue weighted by Gasteiger charge is -2.18. The molecular weight excluding hydrogens is 330 g/mol. The number of hydrogen-bond acceptors (Lipinski definition) is 4. The largest absolute Gasteiger partial charge is 0.479 e. The van der Waals surface area contributed by atoms with E-state index in [0.29, 0.717) is 11.9 Å². The Hall–Kier alpha value is -2.86. The van der Waals surface area contributed by atoms with Crippen LogP contribution in [0.4, 0.5) is 0 Å². The van der Waals surface area contributed by atoms with Gasteiger partial charge in [0.25, 0.3) is 0 Å². The van der Waals surface area contributed by atoms with Gasteiger partial charge >= 0.3 is 5.97 Å². The minimum absolute atomic E-state index is 0.470. The zero-order chi connectivity index (χ0) is 18.7. The van der Waals surface area contributed by atoms with Crippen LogP contribution in [0.1, 0.15) is 17.5 Å². The standard InChI is InChI=1S/C20H23N3O3/c1-13-8-9-16-19(22-26-12-18(24)25)15-6-3-4-7-17(15)23(11-5-10-21)20(16)14(13)2/h3-4,6-9H,5,10-12,21H2,1-2H3,(H,24,25). The lowest BCUT2D eigenvalue weighted by molar-refractivity contribution is -0.142. The van der Waals surface area contributed by atoms with E-state index in [1.807, 2.05) is 30.3 Å². The number of nitrogens with zero attached hydrogens (tertiary/aromatic N) is 2. The molecule has 3 N–H and O–H groups in total. The van der Waals surface area contributed by atoms with E-state index in [4.69, 9.17) is 15.7 Å². The Kier molecular flexibility index (Phi) is 5.23. The van der Waals surface area contributed by atoms with Crippen LogP contribution in [0.5, 0.6) is 0 Å². The molecule has 0 aliphatic heterocycles. The highest BCUT2D eigenvalue weighted by molar-refractivity contribution is 5.95. The molecule has 3 rings (SSSR count). The number of carboxylic acid groups (broad SMARTS) is 1. The molecule has 0 amide bonds. The highest BCUT2D eigenvalue weighted by Gasteiger charge is 2.13. The topological polar surface area (TPSA) is 89.8 Å². The first-order valence-electron chi connectivity index (χ1n) is 8.64. The number of nitrogens with two attached hydrogens (primary N) is 1. The molecule has 0 spiro atoms. The zero-order valence-electron chi connectivity index (χ0n) is 15.0. The van der Waals surface area contributed by atoms with Crippen molar-refractivity contribution in [2.45, 2.75) is 26.8 Å². The molecule has 0 fully saturated rings. The van der Waals surface area contributed by atoms with Crippen LogP contribution in [0.15, 0.2) is 41.6 Å². The molecule has 1 heterocycles. The molecule has 0 saturated heterocycles. The number of aromatic nitrogens is 1. The molecule has 1 aromatic heterocycles. The summed E-state index contributed by atoms with van der Waals surface area (Å²) in [4.78, 5) is 15.9. The van der Waals surface area contributed by atoms with E-state index in [2.05, 4.69) is 29.6 Å². The zero-order valence-corrected chi connectivity index (χ0v) is 15.0. The average molecular weight is 353 g/mol. The van der Waals surface area contributed by atoms with Crippen molar-refractivity contribution in [3.8, 4) is 0 Å². The number of rotatable bonds is 6. The normalized spacial score (nSPS) is 12.0. The number of benzene rings is 2. The maximum atomic E-state index is 10.8. The lowest BCUT2D eigenvalue weighted by Crippen LogP contribution is -2.17. The fraction of sp³-hybridized carbons (Fsp3) is 0.300. The number of carboxylic acids is 1. The van der Waals surface area contributed by atoms with Crippen molar-refractivity contribution in [1.29, 1.82) is 0 Å². The van der Waals surface area contributed by atoms with E-state index in [0.717, 1.165) is 34.8 Å². The van der Waals surface area contributed by atoms with Crippen molar-refractivity contribution < 1.29 is 14.7 Å². The molecule has 0 unspecified atom stereocenters. The molecule has 0 aliphatic rings. The SMILES string of the molecule is Cc1ccc2c(=NOCC(=O)O)c3ccccc3n(CCCN)c2c1C. The summed E-state index contributed by atoms with van der Waals surface area (Å²) < 4.78 is 2.27. The van der Waals surface area contributed by atoms with E-state index in [1.165, 1.54) is 11.1 Å². The van der Waals surface area contributed by atoms with Gasteiger partial charge in [-0.1, -0.05) is 35.5 Å². The van der Waals surface area contributed by atoms with Gasteiger partial charge in [-0.3, -0.25) is 0 Å². The highest BCUT2D eigenvalue weighted by Crippen LogP contribution is 2.24. The van der Waals surface area contributed by atoms with Gasteiger partial charge in [0.1, 0.15) is 5.36 Å². The molecule has 0 bridgehead atoms. The number of pyridine rings is 1. The summed E-state index contributed by atoms with van der Waals surface area (Å²) in [5, 5.41) is 15.5. The third kappa shape index (κ3) is 3.28. The van der Waals surface area contributed by atoms with Gasteiger partial charge < -0.3 is 20.2 Å². The molecule has 6 nitrogen and oxygen atoms in total. The van der Waals surface area contributed by atoms with Gasteiger partial charge in [0.05, 0.1) is 11.0 Å². The van der Waals surface area contributed by atoms with Crippen molar-refractivity contribution in [3.05, 3.63) is 52.9 Å². The molecule has 6 heteroatoms. The van der Waals surface area contributed by atoms with Gasteiger partial charge in [0.15, 0.2) is 0 Å². The first-order valence-corrected chi connectivity index (χ1v) is 8.64. The summed E-state index contributed by atoms with van der Waals surface area (Å²) >= 11 is 0. The Morgan fingerprint density at radius 3 is 2.69 bits per heavy atom. The fourth-order valence-corrected chi connectivity index (χ4v) is 3.25. The molecule has 0 atom stereocenters. The average Bonchev–Trinajstić information content (AvgIpc) is 2.63. The molecule has 0 radical (unpaired) electrons. The molecule has 2 aromatic carbocycles. The van der Waals surface area contributed by atoms with E-state index in [-0.39, 0.29) is 0 Å². The minimum Gasteiger partial charge on any atom is -0.479 e. The van der Waals surface area contributed by atoms with Crippen molar-refractivity contribution in [1.82, 2.24) is 4.57 Å². The molecule has 136 valence electrons. The predicted molar refractivity (Wildman–Crippen MR) is 102 cm³/mol. The van der Waals surface area contributed by atoms with Gasteiger partial charge in [-0.05, 0) is 44.0 Å². The molecule has 0 saturated carbocycles. The van der Waals surface area contributed by atoms with Crippen molar-refractivity contribution in [2.75, 3.05) is 13.2 Å². The van der Waals surface area contributed by atoms with Crippen LogP contribution in [0, 0.1) is 13.8 Å². The quantitative estimate of drug-likeness (QED) is 0.527. The van der Waals surface area contributed by atoms with Gasteiger partial charge in [0, 0.05) is 17.3 Å². The van der Waals surface area contributed by atoms with E-state index >= 15 is 0 Å². The van der Waals surface area contributed by atoms with Crippen LogP contribution < -0.4 is 11.1 Å². The van der Waals surface area contributed by atoms with Crippen LogP contribution in [0.2, 0.25) is 0 Å². The Balaban J connectivity index is 2.42. The second-order valence-electron chi connectivity index (χ2n) is 6.32. The van der Waals surface area contributed by atoms with Gasteiger partial charge in [-0.2, -0.15) is 0 Å². The molecule has 26 heavy (non-hydrogen) atoms. The number of aliphatic carboxylic acids is 1. The summed E-state index contributed by atoms with van der Waals surface area (Å²) in [6, 6.07) is 12.0. The van der Waals surface area contributed by atoms with Crippen LogP contribution in [-0.4, -0.2) is 28.8 Å². The first kappa shape index (κ1) is 17.9. The van der Waals surface area contributed by atoms with E-state index < -0.39 is 12.6 Å². The van der Waals surface area contributed by atoms with Crippen molar-refractivity contribution in [2.24, 2.45) is 10.9 Å². The van der Waals surface area contributed by atoms with E-state index in [1.54, 1.807) is 0 Å². The van der Waals surface area contributed by atoms with Crippen molar-refractivity contribution >= 4 is 27.8 Å². The third-order valence-corrected chi connectivity index (χ3v) is 4.61. The predicted octanol–water partition coefficient (Wildman–Crippen LogP) is 2.68. The maximum absolute atomic E-state index is 10.8. The summed E-state index contributed by atoms with van der Waals surface area (Å²) in [6.45, 7) is 5.11. The first-order chi connectivity index (χ1) is 12.5.